The van der Waals surface area contributed by atoms with Crippen LogP contribution in [0.5, 0.6) is 0 Å². The second-order valence-corrected chi connectivity index (χ2v) is 6.99. The first-order chi connectivity index (χ1) is 9.39. The largest absolute Gasteiger partial charge is 0.324 e. The molecule has 2 N–H and O–H groups in total. The van der Waals surface area contributed by atoms with Crippen molar-refractivity contribution in [2.75, 3.05) is 19.6 Å². The minimum absolute atomic E-state index is 0.188. The fraction of sp³-hybridized carbons (Fsp3) is 0.647. The van der Waals surface area contributed by atoms with Gasteiger partial charge in [0.1, 0.15) is 5.82 Å². The topological polar surface area (TPSA) is 29.3 Å². The van der Waals surface area contributed by atoms with E-state index in [0.717, 1.165) is 19.6 Å². The SMILES string of the molecule is CC(CN1CCC(C)(C)CC1)C(N)c1ccccc1F. The Morgan fingerprint density at radius 3 is 2.45 bits per heavy atom. The standard InChI is InChI=1S/C17H27FN2/c1-13(12-20-10-8-17(2,3)9-11-20)16(19)14-6-4-5-7-15(14)18/h4-7,13,16H,8-12,19H2,1-3H3. The lowest BCUT2D eigenvalue weighted by atomic mass is 9.82. The molecule has 1 aromatic carbocycles. The van der Waals surface area contributed by atoms with Crippen molar-refractivity contribution in [2.24, 2.45) is 17.1 Å². The van der Waals surface area contributed by atoms with Crippen molar-refractivity contribution in [1.29, 1.82) is 0 Å². The minimum atomic E-state index is -0.230. The molecule has 1 aromatic rings. The molecule has 112 valence electrons. The molecule has 0 aromatic heterocycles. The summed E-state index contributed by atoms with van der Waals surface area (Å²) in [7, 11) is 0. The van der Waals surface area contributed by atoms with Crippen molar-refractivity contribution in [3.8, 4) is 0 Å². The van der Waals surface area contributed by atoms with Gasteiger partial charge in [-0.25, -0.2) is 4.39 Å². The summed E-state index contributed by atoms with van der Waals surface area (Å²) in [4.78, 5) is 2.47. The summed E-state index contributed by atoms with van der Waals surface area (Å²) in [6.07, 6.45) is 2.46. The van der Waals surface area contributed by atoms with Crippen LogP contribution in [-0.4, -0.2) is 24.5 Å². The normalized spacial score (nSPS) is 22.4. The number of hydrogen-bond donors (Lipinski definition) is 1. The van der Waals surface area contributed by atoms with E-state index in [0.29, 0.717) is 11.0 Å². The molecule has 20 heavy (non-hydrogen) atoms. The zero-order chi connectivity index (χ0) is 14.8. The minimum Gasteiger partial charge on any atom is -0.324 e. The van der Waals surface area contributed by atoms with Crippen LogP contribution < -0.4 is 5.73 Å². The van der Waals surface area contributed by atoms with Gasteiger partial charge in [-0.3, -0.25) is 0 Å². The van der Waals surface area contributed by atoms with E-state index in [9.17, 15) is 4.39 Å². The third-order valence-corrected chi connectivity index (χ3v) is 4.63. The Morgan fingerprint density at radius 2 is 1.85 bits per heavy atom. The number of nitrogens with two attached hydrogens (primary N) is 1. The Morgan fingerprint density at radius 1 is 1.25 bits per heavy atom. The highest BCUT2D eigenvalue weighted by Gasteiger charge is 2.27. The molecular formula is C17H27FN2. The summed E-state index contributed by atoms with van der Waals surface area (Å²) >= 11 is 0. The van der Waals surface area contributed by atoms with Crippen molar-refractivity contribution in [2.45, 2.75) is 39.7 Å². The van der Waals surface area contributed by atoms with Crippen LogP contribution in [0.1, 0.15) is 45.2 Å². The van der Waals surface area contributed by atoms with Gasteiger partial charge in [-0.1, -0.05) is 39.0 Å². The van der Waals surface area contributed by atoms with E-state index < -0.39 is 0 Å². The van der Waals surface area contributed by atoms with Gasteiger partial charge in [-0.2, -0.15) is 0 Å². The molecule has 0 amide bonds. The average Bonchev–Trinajstić information content (AvgIpc) is 2.41. The fourth-order valence-electron chi connectivity index (χ4n) is 2.91. The third kappa shape index (κ3) is 3.80. The Kier molecular flexibility index (Phi) is 4.82. The molecule has 2 unspecified atom stereocenters. The van der Waals surface area contributed by atoms with Crippen LogP contribution >= 0.6 is 0 Å². The molecule has 3 heteroatoms. The monoisotopic (exact) mass is 278 g/mol. The van der Waals surface area contributed by atoms with Crippen LogP contribution in [0.3, 0.4) is 0 Å². The molecule has 1 saturated heterocycles. The van der Waals surface area contributed by atoms with E-state index in [1.165, 1.54) is 18.9 Å². The quantitative estimate of drug-likeness (QED) is 0.912. The van der Waals surface area contributed by atoms with Gasteiger partial charge in [0.25, 0.3) is 0 Å². The Bertz CT molecular complexity index is 434. The van der Waals surface area contributed by atoms with E-state index in [1.807, 2.05) is 6.07 Å². The van der Waals surface area contributed by atoms with Crippen LogP contribution in [0, 0.1) is 17.2 Å². The Hall–Kier alpha value is -0.930. The van der Waals surface area contributed by atoms with Crippen LogP contribution in [0.4, 0.5) is 4.39 Å². The molecule has 0 spiro atoms. The smallest absolute Gasteiger partial charge is 0.127 e. The van der Waals surface area contributed by atoms with Gasteiger partial charge in [-0.15, -0.1) is 0 Å². The molecule has 2 nitrogen and oxygen atoms in total. The van der Waals surface area contributed by atoms with Crippen molar-refractivity contribution >= 4 is 0 Å². The lowest BCUT2D eigenvalue weighted by Gasteiger charge is -2.38. The second kappa shape index (κ2) is 6.23. The maximum Gasteiger partial charge on any atom is 0.127 e. The maximum atomic E-state index is 13.8. The number of likely N-dealkylation sites (tertiary alicyclic amines) is 1. The number of halogens is 1. The zero-order valence-corrected chi connectivity index (χ0v) is 12.9. The van der Waals surface area contributed by atoms with Crippen LogP contribution in [0.25, 0.3) is 0 Å². The summed E-state index contributed by atoms with van der Waals surface area (Å²) in [5.74, 6) is 0.0692. The van der Waals surface area contributed by atoms with E-state index in [1.54, 1.807) is 12.1 Å². The number of hydrogen-bond acceptors (Lipinski definition) is 2. The summed E-state index contributed by atoms with van der Waals surface area (Å²) in [5.41, 5.74) is 7.35. The maximum absolute atomic E-state index is 13.8. The molecule has 2 atom stereocenters. The molecule has 2 rings (SSSR count). The van der Waals surface area contributed by atoms with Crippen LogP contribution in [-0.2, 0) is 0 Å². The number of nitrogens with zero attached hydrogens (tertiary/aromatic N) is 1. The van der Waals surface area contributed by atoms with E-state index >= 15 is 0 Å². The third-order valence-electron chi connectivity index (χ3n) is 4.63. The molecule has 0 bridgehead atoms. The first kappa shape index (κ1) is 15.5. The number of rotatable bonds is 4. The summed E-state index contributed by atoms with van der Waals surface area (Å²) in [6.45, 7) is 9.99. The zero-order valence-electron chi connectivity index (χ0n) is 12.9. The summed E-state index contributed by atoms with van der Waals surface area (Å²) in [6, 6.07) is 6.63. The van der Waals surface area contributed by atoms with Gasteiger partial charge >= 0.3 is 0 Å². The van der Waals surface area contributed by atoms with Gasteiger partial charge in [0.15, 0.2) is 0 Å². The molecule has 1 aliphatic heterocycles. The highest BCUT2D eigenvalue weighted by molar-refractivity contribution is 5.21. The predicted octanol–water partition coefficient (Wildman–Crippen LogP) is 3.58. The van der Waals surface area contributed by atoms with Crippen LogP contribution in [0.2, 0.25) is 0 Å². The Labute approximate surface area is 122 Å². The van der Waals surface area contributed by atoms with Gasteiger partial charge in [0.05, 0.1) is 0 Å². The lowest BCUT2D eigenvalue weighted by molar-refractivity contribution is 0.114. The van der Waals surface area contributed by atoms with Crippen molar-refractivity contribution in [3.05, 3.63) is 35.6 Å². The van der Waals surface area contributed by atoms with E-state index in [-0.39, 0.29) is 17.8 Å². The number of piperidine rings is 1. The van der Waals surface area contributed by atoms with Gasteiger partial charge < -0.3 is 10.6 Å². The second-order valence-electron chi connectivity index (χ2n) is 6.99. The summed E-state index contributed by atoms with van der Waals surface area (Å²) in [5, 5.41) is 0. The Balaban J connectivity index is 1.92. The molecule has 1 fully saturated rings. The first-order valence-corrected chi connectivity index (χ1v) is 7.61. The predicted molar refractivity (Wildman–Crippen MR) is 81.9 cm³/mol. The van der Waals surface area contributed by atoms with Crippen molar-refractivity contribution in [1.82, 2.24) is 4.90 Å². The molecule has 0 saturated carbocycles. The molecule has 0 aliphatic carbocycles. The van der Waals surface area contributed by atoms with Gasteiger partial charge in [0, 0.05) is 18.2 Å². The molecular weight excluding hydrogens is 251 g/mol. The van der Waals surface area contributed by atoms with Crippen molar-refractivity contribution in [3.63, 3.8) is 0 Å². The highest BCUT2D eigenvalue weighted by Crippen LogP contribution is 2.31. The summed E-state index contributed by atoms with van der Waals surface area (Å²) < 4.78 is 13.8. The average molecular weight is 278 g/mol. The van der Waals surface area contributed by atoms with Crippen LogP contribution in [0.15, 0.2) is 24.3 Å². The highest BCUT2D eigenvalue weighted by atomic mass is 19.1. The first-order valence-electron chi connectivity index (χ1n) is 7.61. The van der Waals surface area contributed by atoms with Gasteiger partial charge in [0.2, 0.25) is 0 Å². The molecule has 0 radical (unpaired) electrons. The van der Waals surface area contributed by atoms with E-state index in [2.05, 4.69) is 25.7 Å². The van der Waals surface area contributed by atoms with E-state index in [4.69, 9.17) is 5.73 Å². The molecule has 1 heterocycles. The number of benzene rings is 1. The van der Waals surface area contributed by atoms with Gasteiger partial charge in [-0.05, 0) is 43.3 Å². The van der Waals surface area contributed by atoms with Crippen molar-refractivity contribution < 1.29 is 4.39 Å². The molecule has 1 aliphatic rings. The fourth-order valence-corrected chi connectivity index (χ4v) is 2.91. The lowest BCUT2D eigenvalue weighted by Crippen LogP contribution is -2.41.